The van der Waals surface area contributed by atoms with E-state index in [1.165, 1.54) is 18.2 Å². The van der Waals surface area contributed by atoms with Crippen LogP contribution in [0.25, 0.3) is 0 Å². The predicted octanol–water partition coefficient (Wildman–Crippen LogP) is 3.01. The number of hydrogen-bond donors (Lipinski definition) is 2. The fourth-order valence-corrected chi connectivity index (χ4v) is 1.98. The lowest BCUT2D eigenvalue weighted by molar-refractivity contribution is -0.137. The van der Waals surface area contributed by atoms with Gasteiger partial charge in [-0.2, -0.15) is 13.2 Å². The van der Waals surface area contributed by atoms with Crippen LogP contribution in [0.1, 0.15) is 21.5 Å². The van der Waals surface area contributed by atoms with Gasteiger partial charge in [0.2, 0.25) is 0 Å². The molecule has 0 fully saturated rings. The molecule has 0 atom stereocenters. The first kappa shape index (κ1) is 17.8. The Labute approximate surface area is 136 Å². The average molecular weight is 339 g/mol. The van der Waals surface area contributed by atoms with Gasteiger partial charge in [-0.25, -0.2) is 0 Å². The summed E-state index contributed by atoms with van der Waals surface area (Å²) >= 11 is 0. The molecule has 128 valence electrons. The van der Waals surface area contributed by atoms with Gasteiger partial charge < -0.3 is 15.2 Å². The van der Waals surface area contributed by atoms with E-state index in [-0.39, 0.29) is 25.7 Å². The minimum absolute atomic E-state index is 0.0139. The number of aliphatic hydroxyl groups is 1. The summed E-state index contributed by atoms with van der Waals surface area (Å²) in [7, 11) is 0. The highest BCUT2D eigenvalue weighted by molar-refractivity contribution is 5.94. The number of benzene rings is 2. The third kappa shape index (κ3) is 4.99. The van der Waals surface area contributed by atoms with Gasteiger partial charge in [0.05, 0.1) is 12.2 Å². The van der Waals surface area contributed by atoms with Crippen LogP contribution in [0.4, 0.5) is 13.2 Å². The van der Waals surface area contributed by atoms with Crippen molar-refractivity contribution in [1.29, 1.82) is 0 Å². The molecule has 0 saturated heterocycles. The van der Waals surface area contributed by atoms with Crippen molar-refractivity contribution in [3.63, 3.8) is 0 Å². The molecule has 2 N–H and O–H groups in total. The van der Waals surface area contributed by atoms with E-state index in [1.54, 1.807) is 18.2 Å². The molecule has 0 aromatic heterocycles. The number of nitrogens with one attached hydrogen (secondary N) is 1. The van der Waals surface area contributed by atoms with Crippen molar-refractivity contribution in [3.8, 4) is 5.75 Å². The molecule has 0 aliphatic rings. The highest BCUT2D eigenvalue weighted by atomic mass is 19.4. The second-order valence-electron chi connectivity index (χ2n) is 4.99. The van der Waals surface area contributed by atoms with Gasteiger partial charge in [-0.15, -0.1) is 0 Å². The average Bonchev–Trinajstić information content (AvgIpc) is 2.58. The van der Waals surface area contributed by atoms with Crippen LogP contribution in [0.15, 0.2) is 48.5 Å². The van der Waals surface area contributed by atoms with Crippen LogP contribution < -0.4 is 10.1 Å². The number of halogens is 3. The van der Waals surface area contributed by atoms with Crippen molar-refractivity contribution in [1.82, 2.24) is 5.32 Å². The third-order valence-corrected chi connectivity index (χ3v) is 3.17. The smallest absolute Gasteiger partial charge is 0.416 e. The van der Waals surface area contributed by atoms with Crippen LogP contribution in [0.5, 0.6) is 5.75 Å². The van der Waals surface area contributed by atoms with Crippen molar-refractivity contribution in [2.24, 2.45) is 0 Å². The van der Waals surface area contributed by atoms with E-state index in [1.807, 2.05) is 0 Å². The zero-order valence-corrected chi connectivity index (χ0v) is 12.6. The summed E-state index contributed by atoms with van der Waals surface area (Å²) in [6.45, 7) is -0.00344. The molecule has 4 nitrogen and oxygen atoms in total. The molecule has 0 radical (unpaired) electrons. The molecule has 0 unspecified atom stereocenters. The maximum absolute atomic E-state index is 12.6. The van der Waals surface area contributed by atoms with Crippen LogP contribution in [0, 0.1) is 0 Å². The molecule has 2 aromatic rings. The first-order chi connectivity index (χ1) is 11.4. The molecule has 1 amide bonds. The molecule has 0 spiro atoms. The first-order valence-corrected chi connectivity index (χ1v) is 7.18. The lowest BCUT2D eigenvalue weighted by Crippen LogP contribution is -2.26. The first-order valence-electron chi connectivity index (χ1n) is 7.18. The maximum Gasteiger partial charge on any atom is 0.416 e. The summed E-state index contributed by atoms with van der Waals surface area (Å²) < 4.78 is 43.4. The molecule has 2 aromatic carbocycles. The van der Waals surface area contributed by atoms with Gasteiger partial charge in [0.1, 0.15) is 12.4 Å². The van der Waals surface area contributed by atoms with Crippen molar-refractivity contribution >= 4 is 5.91 Å². The van der Waals surface area contributed by atoms with Gasteiger partial charge >= 0.3 is 6.18 Å². The van der Waals surface area contributed by atoms with Gasteiger partial charge in [-0.3, -0.25) is 4.79 Å². The molecule has 0 aliphatic carbocycles. The Kier molecular flexibility index (Phi) is 5.81. The Morgan fingerprint density at radius 3 is 2.46 bits per heavy atom. The Morgan fingerprint density at radius 1 is 1.12 bits per heavy atom. The summed E-state index contributed by atoms with van der Waals surface area (Å²) in [4.78, 5) is 11.7. The highest BCUT2D eigenvalue weighted by Gasteiger charge is 2.30. The fraction of sp³-hybridized carbons (Fsp3) is 0.235. The molecule has 2 rings (SSSR count). The van der Waals surface area contributed by atoms with E-state index in [0.29, 0.717) is 16.9 Å². The largest absolute Gasteiger partial charge is 0.489 e. The van der Waals surface area contributed by atoms with Gasteiger partial charge in [0, 0.05) is 12.1 Å². The number of ether oxygens (including phenoxy) is 1. The molecule has 24 heavy (non-hydrogen) atoms. The van der Waals surface area contributed by atoms with Gasteiger partial charge in [0.25, 0.3) is 5.91 Å². The van der Waals surface area contributed by atoms with E-state index < -0.39 is 11.7 Å². The number of hydrogen-bond acceptors (Lipinski definition) is 3. The van der Waals surface area contributed by atoms with Gasteiger partial charge in [-0.1, -0.05) is 12.1 Å². The summed E-state index contributed by atoms with van der Waals surface area (Å²) in [5.41, 5.74) is 0.0731. The van der Waals surface area contributed by atoms with Crippen molar-refractivity contribution in [2.45, 2.75) is 12.8 Å². The number of rotatable bonds is 6. The molecule has 0 saturated carbocycles. The fourth-order valence-electron chi connectivity index (χ4n) is 1.98. The monoisotopic (exact) mass is 339 g/mol. The maximum atomic E-state index is 12.6. The van der Waals surface area contributed by atoms with E-state index in [4.69, 9.17) is 9.84 Å². The second kappa shape index (κ2) is 7.83. The standard InChI is InChI=1S/C17H16F3NO3/c18-17(19,20)14-3-1-2-12(10-14)11-24-15-6-4-13(5-7-15)16(23)21-8-9-22/h1-7,10,22H,8-9,11H2,(H,21,23). The minimum Gasteiger partial charge on any atom is -0.489 e. The SMILES string of the molecule is O=C(NCCO)c1ccc(OCc2cccc(C(F)(F)F)c2)cc1. The number of amides is 1. The molecule has 0 aliphatic heterocycles. The Balaban J connectivity index is 1.96. The Bertz CT molecular complexity index is 684. The van der Waals surface area contributed by atoms with Crippen molar-refractivity contribution < 1.29 is 27.8 Å². The summed E-state index contributed by atoms with van der Waals surface area (Å²) in [6, 6.07) is 11.1. The van der Waals surface area contributed by atoms with E-state index in [0.717, 1.165) is 12.1 Å². The van der Waals surface area contributed by atoms with Gasteiger partial charge in [0.15, 0.2) is 0 Å². The summed E-state index contributed by atoms with van der Waals surface area (Å²) in [5, 5.41) is 11.2. The highest BCUT2D eigenvalue weighted by Crippen LogP contribution is 2.29. The Hall–Kier alpha value is -2.54. The number of alkyl halides is 3. The zero-order valence-electron chi connectivity index (χ0n) is 12.6. The molecular formula is C17H16F3NO3. The number of aliphatic hydroxyl groups excluding tert-OH is 1. The summed E-state index contributed by atoms with van der Waals surface area (Å²) in [6.07, 6.45) is -4.39. The van der Waals surface area contributed by atoms with Crippen molar-refractivity contribution in [3.05, 3.63) is 65.2 Å². The lowest BCUT2D eigenvalue weighted by atomic mass is 10.1. The van der Waals surface area contributed by atoms with Crippen LogP contribution in [0.2, 0.25) is 0 Å². The van der Waals surface area contributed by atoms with Crippen LogP contribution in [-0.4, -0.2) is 24.2 Å². The molecule has 0 heterocycles. The minimum atomic E-state index is -4.39. The third-order valence-electron chi connectivity index (χ3n) is 3.17. The van der Waals surface area contributed by atoms with E-state index in [2.05, 4.69) is 5.32 Å². The summed E-state index contributed by atoms with van der Waals surface area (Å²) in [5.74, 6) is 0.111. The zero-order chi connectivity index (χ0) is 17.6. The van der Waals surface area contributed by atoms with Crippen LogP contribution in [0.3, 0.4) is 0 Å². The number of carbonyl (C=O) groups excluding carboxylic acids is 1. The molecule has 7 heteroatoms. The van der Waals surface area contributed by atoms with Crippen LogP contribution >= 0.6 is 0 Å². The molecular weight excluding hydrogens is 323 g/mol. The Morgan fingerprint density at radius 2 is 1.83 bits per heavy atom. The topological polar surface area (TPSA) is 58.6 Å². The predicted molar refractivity (Wildman–Crippen MR) is 81.6 cm³/mol. The quantitative estimate of drug-likeness (QED) is 0.851. The normalized spacial score (nSPS) is 11.2. The van der Waals surface area contributed by atoms with E-state index in [9.17, 15) is 18.0 Å². The molecule has 0 bridgehead atoms. The van der Waals surface area contributed by atoms with Gasteiger partial charge in [-0.05, 0) is 42.0 Å². The number of carbonyl (C=O) groups is 1. The second-order valence-corrected chi connectivity index (χ2v) is 4.99. The van der Waals surface area contributed by atoms with Crippen molar-refractivity contribution in [2.75, 3.05) is 13.2 Å². The lowest BCUT2D eigenvalue weighted by Gasteiger charge is -2.10. The van der Waals surface area contributed by atoms with E-state index >= 15 is 0 Å². The van der Waals surface area contributed by atoms with Crippen LogP contribution in [-0.2, 0) is 12.8 Å².